The number of hydrogen-bond donors (Lipinski definition) is 2. The molecule has 0 radical (unpaired) electrons. The van der Waals surface area contributed by atoms with Crippen LogP contribution in [-0.2, 0) is 4.74 Å². The van der Waals surface area contributed by atoms with Crippen LogP contribution in [0.15, 0.2) is 0 Å². The molecule has 0 saturated heterocycles. The molecule has 2 N–H and O–H groups in total. The number of aliphatic hydroxyl groups excluding tert-OH is 2. The van der Waals surface area contributed by atoms with Crippen molar-refractivity contribution < 1.29 is 14.9 Å². The van der Waals surface area contributed by atoms with Gasteiger partial charge >= 0.3 is 0 Å². The zero-order chi connectivity index (χ0) is 10.0. The third-order valence-electron chi connectivity index (χ3n) is 3.18. The Labute approximate surface area is 79.7 Å². The first-order valence-corrected chi connectivity index (χ1v) is 4.93. The highest BCUT2D eigenvalue weighted by Gasteiger charge is 2.43. The molecule has 1 rings (SSSR count). The van der Waals surface area contributed by atoms with E-state index in [0.29, 0.717) is 11.8 Å². The summed E-state index contributed by atoms with van der Waals surface area (Å²) in [6.45, 7) is 4.32. The van der Waals surface area contributed by atoms with Gasteiger partial charge in [-0.15, -0.1) is 0 Å². The van der Waals surface area contributed by atoms with Gasteiger partial charge in [0.2, 0.25) is 0 Å². The molecule has 0 unspecified atom stereocenters. The second-order valence-corrected chi connectivity index (χ2v) is 4.28. The SMILES string of the molecule is CO[C@H]1[C@H](O)[C@@H](CO)C[C@H]1C(C)C. The van der Waals surface area contributed by atoms with E-state index in [0.717, 1.165) is 6.42 Å². The van der Waals surface area contributed by atoms with Crippen LogP contribution in [0.4, 0.5) is 0 Å². The summed E-state index contributed by atoms with van der Waals surface area (Å²) in [6, 6.07) is 0. The van der Waals surface area contributed by atoms with E-state index in [4.69, 9.17) is 9.84 Å². The molecule has 1 saturated carbocycles. The summed E-state index contributed by atoms with van der Waals surface area (Å²) in [6.07, 6.45) is 0.271. The molecule has 1 aliphatic rings. The smallest absolute Gasteiger partial charge is 0.0864 e. The molecule has 1 fully saturated rings. The maximum Gasteiger partial charge on any atom is 0.0864 e. The maximum absolute atomic E-state index is 9.78. The highest BCUT2D eigenvalue weighted by Crippen LogP contribution is 2.37. The number of ether oxygens (including phenoxy) is 1. The van der Waals surface area contributed by atoms with E-state index in [9.17, 15) is 5.11 Å². The molecule has 0 aliphatic heterocycles. The zero-order valence-corrected chi connectivity index (χ0v) is 8.60. The molecule has 78 valence electrons. The lowest BCUT2D eigenvalue weighted by Gasteiger charge is -2.23. The Morgan fingerprint density at radius 2 is 2.08 bits per heavy atom. The molecule has 13 heavy (non-hydrogen) atoms. The fourth-order valence-corrected chi connectivity index (χ4v) is 2.29. The fraction of sp³-hybridized carbons (Fsp3) is 1.00. The van der Waals surface area contributed by atoms with Crippen LogP contribution in [0.1, 0.15) is 20.3 Å². The van der Waals surface area contributed by atoms with Crippen molar-refractivity contribution in [3.05, 3.63) is 0 Å². The van der Waals surface area contributed by atoms with E-state index < -0.39 is 6.10 Å². The Balaban J connectivity index is 2.66. The lowest BCUT2D eigenvalue weighted by Crippen LogP contribution is -2.32. The van der Waals surface area contributed by atoms with Crippen molar-refractivity contribution >= 4 is 0 Å². The molecule has 0 spiro atoms. The predicted molar refractivity (Wildman–Crippen MR) is 50.3 cm³/mol. The van der Waals surface area contributed by atoms with Crippen LogP contribution in [0, 0.1) is 17.8 Å². The summed E-state index contributed by atoms with van der Waals surface area (Å²) in [5.74, 6) is 0.866. The average Bonchev–Trinajstić information content (AvgIpc) is 2.42. The quantitative estimate of drug-likeness (QED) is 0.683. The van der Waals surface area contributed by atoms with Gasteiger partial charge in [-0.2, -0.15) is 0 Å². The first-order valence-electron chi connectivity index (χ1n) is 4.93. The van der Waals surface area contributed by atoms with Crippen LogP contribution in [0.3, 0.4) is 0 Å². The summed E-state index contributed by atoms with van der Waals surface area (Å²) in [5.41, 5.74) is 0. The van der Waals surface area contributed by atoms with Crippen molar-refractivity contribution in [1.82, 2.24) is 0 Å². The summed E-state index contributed by atoms with van der Waals surface area (Å²) >= 11 is 0. The van der Waals surface area contributed by atoms with E-state index in [1.165, 1.54) is 0 Å². The summed E-state index contributed by atoms with van der Waals surface area (Å²) in [4.78, 5) is 0. The monoisotopic (exact) mass is 188 g/mol. The summed E-state index contributed by atoms with van der Waals surface area (Å²) in [5, 5.41) is 18.8. The fourth-order valence-electron chi connectivity index (χ4n) is 2.29. The normalized spacial score (nSPS) is 40.2. The highest BCUT2D eigenvalue weighted by atomic mass is 16.5. The number of methoxy groups -OCH3 is 1. The second kappa shape index (κ2) is 4.40. The molecule has 1 aliphatic carbocycles. The van der Waals surface area contributed by atoms with Gasteiger partial charge < -0.3 is 14.9 Å². The van der Waals surface area contributed by atoms with Crippen molar-refractivity contribution in [2.75, 3.05) is 13.7 Å². The molecule has 0 amide bonds. The summed E-state index contributed by atoms with van der Waals surface area (Å²) in [7, 11) is 1.63. The third kappa shape index (κ3) is 2.03. The number of hydrogen-bond acceptors (Lipinski definition) is 3. The lowest BCUT2D eigenvalue weighted by atomic mass is 9.92. The zero-order valence-electron chi connectivity index (χ0n) is 8.60. The molecule has 3 nitrogen and oxygen atoms in total. The minimum absolute atomic E-state index is 0.00245. The summed E-state index contributed by atoms with van der Waals surface area (Å²) < 4.78 is 5.27. The van der Waals surface area contributed by atoms with Crippen molar-refractivity contribution in [3.8, 4) is 0 Å². The van der Waals surface area contributed by atoms with E-state index in [2.05, 4.69) is 13.8 Å². The molecule has 0 bridgehead atoms. The largest absolute Gasteiger partial charge is 0.396 e. The first kappa shape index (κ1) is 11.0. The van der Waals surface area contributed by atoms with Crippen molar-refractivity contribution in [1.29, 1.82) is 0 Å². The van der Waals surface area contributed by atoms with Crippen LogP contribution in [0.25, 0.3) is 0 Å². The van der Waals surface area contributed by atoms with Gasteiger partial charge in [-0.25, -0.2) is 0 Å². The van der Waals surface area contributed by atoms with Gasteiger partial charge in [0, 0.05) is 19.6 Å². The molecule has 0 aromatic carbocycles. The van der Waals surface area contributed by atoms with Gasteiger partial charge in [0.05, 0.1) is 12.2 Å². The maximum atomic E-state index is 9.78. The highest BCUT2D eigenvalue weighted by molar-refractivity contribution is 4.92. The molecule has 4 atom stereocenters. The second-order valence-electron chi connectivity index (χ2n) is 4.28. The van der Waals surface area contributed by atoms with Crippen LogP contribution in [0.2, 0.25) is 0 Å². The van der Waals surface area contributed by atoms with Crippen LogP contribution in [0.5, 0.6) is 0 Å². The Morgan fingerprint density at radius 3 is 2.38 bits per heavy atom. The van der Waals surface area contributed by atoms with Gasteiger partial charge in [0.25, 0.3) is 0 Å². The average molecular weight is 188 g/mol. The standard InChI is InChI=1S/C10H20O3/c1-6(2)8-4-7(5-11)9(12)10(8)13-3/h6-12H,4-5H2,1-3H3/t7-,8+,9-,10-/m1/s1. The van der Waals surface area contributed by atoms with E-state index >= 15 is 0 Å². The number of rotatable bonds is 3. The molecule has 0 heterocycles. The van der Waals surface area contributed by atoms with Crippen LogP contribution >= 0.6 is 0 Å². The van der Waals surface area contributed by atoms with Crippen LogP contribution < -0.4 is 0 Å². The topological polar surface area (TPSA) is 49.7 Å². The van der Waals surface area contributed by atoms with E-state index in [1.54, 1.807) is 7.11 Å². The minimum atomic E-state index is -0.498. The Kier molecular flexibility index (Phi) is 3.71. The van der Waals surface area contributed by atoms with Gasteiger partial charge in [-0.1, -0.05) is 13.8 Å². The molecule has 3 heteroatoms. The Hall–Kier alpha value is -0.120. The van der Waals surface area contributed by atoms with Gasteiger partial charge in [-0.3, -0.25) is 0 Å². The van der Waals surface area contributed by atoms with E-state index in [-0.39, 0.29) is 18.6 Å². The molecule has 0 aromatic rings. The van der Waals surface area contributed by atoms with Gasteiger partial charge in [0.15, 0.2) is 0 Å². The lowest BCUT2D eigenvalue weighted by molar-refractivity contribution is -0.0382. The van der Waals surface area contributed by atoms with E-state index in [1.807, 2.05) is 0 Å². The van der Waals surface area contributed by atoms with Crippen LogP contribution in [-0.4, -0.2) is 36.1 Å². The Bertz CT molecular complexity index is 158. The predicted octanol–water partition coefficient (Wildman–Crippen LogP) is 0.647. The van der Waals surface area contributed by atoms with Gasteiger partial charge in [0.1, 0.15) is 0 Å². The van der Waals surface area contributed by atoms with Gasteiger partial charge in [-0.05, 0) is 18.3 Å². The third-order valence-corrected chi connectivity index (χ3v) is 3.18. The first-order chi connectivity index (χ1) is 6.11. The Morgan fingerprint density at radius 1 is 1.46 bits per heavy atom. The molecule has 0 aromatic heterocycles. The van der Waals surface area contributed by atoms with Crippen molar-refractivity contribution in [2.24, 2.45) is 17.8 Å². The molecular weight excluding hydrogens is 168 g/mol. The molecular formula is C10H20O3. The van der Waals surface area contributed by atoms with Crippen molar-refractivity contribution in [3.63, 3.8) is 0 Å². The minimum Gasteiger partial charge on any atom is -0.396 e. The van der Waals surface area contributed by atoms with Crippen molar-refractivity contribution in [2.45, 2.75) is 32.5 Å². The number of aliphatic hydroxyl groups is 2.